The molecule has 0 fully saturated rings. The van der Waals surface area contributed by atoms with Crippen LogP contribution in [0.15, 0.2) is 77.7 Å². The van der Waals surface area contributed by atoms with Gasteiger partial charge in [-0.25, -0.2) is 8.78 Å². The number of nitrogens with one attached hydrogen (secondary N) is 2. The molecule has 138 valence electrons. The van der Waals surface area contributed by atoms with E-state index in [0.717, 1.165) is 12.1 Å². The SMILES string of the molecule is O=C(Nc1ccccc1-c1ccc(F)cc1F)c1c[nH]c2ccccc2c1=O. The molecular formula is C22H14F2N2O2. The molecule has 0 radical (unpaired) electrons. The topological polar surface area (TPSA) is 62.0 Å². The highest BCUT2D eigenvalue weighted by Gasteiger charge is 2.16. The summed E-state index contributed by atoms with van der Waals surface area (Å²) in [6.45, 7) is 0. The predicted molar refractivity (Wildman–Crippen MR) is 104 cm³/mol. The molecule has 0 spiro atoms. The second-order valence-corrected chi connectivity index (χ2v) is 6.20. The van der Waals surface area contributed by atoms with Gasteiger partial charge >= 0.3 is 0 Å². The molecule has 0 aliphatic heterocycles. The van der Waals surface area contributed by atoms with Crippen molar-refractivity contribution in [3.8, 4) is 11.1 Å². The molecule has 1 amide bonds. The molecule has 0 saturated heterocycles. The van der Waals surface area contributed by atoms with E-state index in [2.05, 4.69) is 10.3 Å². The molecule has 1 aromatic heterocycles. The lowest BCUT2D eigenvalue weighted by Gasteiger charge is -2.12. The Hall–Kier alpha value is -3.80. The zero-order valence-corrected chi connectivity index (χ0v) is 14.5. The molecular weight excluding hydrogens is 362 g/mol. The minimum Gasteiger partial charge on any atom is -0.360 e. The number of hydrogen-bond acceptors (Lipinski definition) is 2. The van der Waals surface area contributed by atoms with Crippen LogP contribution in [0.3, 0.4) is 0 Å². The first-order chi connectivity index (χ1) is 13.5. The Morgan fingerprint density at radius 3 is 2.46 bits per heavy atom. The molecule has 6 heteroatoms. The van der Waals surface area contributed by atoms with Crippen LogP contribution in [0.5, 0.6) is 0 Å². The van der Waals surface area contributed by atoms with Gasteiger partial charge < -0.3 is 10.3 Å². The van der Waals surface area contributed by atoms with Gasteiger partial charge in [0.25, 0.3) is 5.91 Å². The van der Waals surface area contributed by atoms with Gasteiger partial charge in [0.15, 0.2) is 0 Å². The molecule has 4 aromatic rings. The molecule has 2 N–H and O–H groups in total. The fourth-order valence-corrected chi connectivity index (χ4v) is 3.06. The Kier molecular flexibility index (Phi) is 4.45. The van der Waals surface area contributed by atoms with Crippen LogP contribution in [0, 0.1) is 11.6 Å². The summed E-state index contributed by atoms with van der Waals surface area (Å²) in [5.41, 5.74) is 0.990. The van der Waals surface area contributed by atoms with Crippen LogP contribution in [0.4, 0.5) is 14.5 Å². The van der Waals surface area contributed by atoms with Crippen molar-refractivity contribution in [3.63, 3.8) is 0 Å². The van der Waals surface area contributed by atoms with E-state index < -0.39 is 23.0 Å². The number of pyridine rings is 1. The molecule has 0 bridgehead atoms. The van der Waals surface area contributed by atoms with Crippen LogP contribution < -0.4 is 10.7 Å². The van der Waals surface area contributed by atoms with Gasteiger partial charge in [-0.2, -0.15) is 0 Å². The maximum Gasteiger partial charge on any atom is 0.261 e. The van der Waals surface area contributed by atoms with Crippen molar-refractivity contribution in [1.82, 2.24) is 4.98 Å². The molecule has 0 saturated carbocycles. The predicted octanol–water partition coefficient (Wildman–Crippen LogP) is 4.73. The van der Waals surface area contributed by atoms with E-state index in [0.29, 0.717) is 22.2 Å². The zero-order valence-electron chi connectivity index (χ0n) is 14.5. The average molecular weight is 376 g/mol. The van der Waals surface area contributed by atoms with Crippen molar-refractivity contribution < 1.29 is 13.6 Å². The first-order valence-electron chi connectivity index (χ1n) is 8.51. The third kappa shape index (κ3) is 3.16. The van der Waals surface area contributed by atoms with E-state index in [1.54, 1.807) is 48.5 Å². The molecule has 0 unspecified atom stereocenters. The van der Waals surface area contributed by atoms with Crippen molar-refractivity contribution >= 4 is 22.5 Å². The van der Waals surface area contributed by atoms with Crippen LogP contribution in [-0.2, 0) is 0 Å². The summed E-state index contributed by atoms with van der Waals surface area (Å²) < 4.78 is 27.4. The number of amides is 1. The second kappa shape index (κ2) is 7.08. The standard InChI is InChI=1S/C22H14F2N2O2/c23-13-9-10-14(18(24)11-13)15-5-1-4-8-20(15)26-22(28)17-12-25-19-7-3-2-6-16(19)21(17)27/h1-12H,(H,25,27)(H,26,28). The first-order valence-corrected chi connectivity index (χ1v) is 8.51. The first kappa shape index (κ1) is 17.6. The maximum absolute atomic E-state index is 14.2. The molecule has 4 nitrogen and oxygen atoms in total. The minimum absolute atomic E-state index is 0.0620. The number of halogens is 2. The zero-order chi connectivity index (χ0) is 19.7. The molecule has 0 atom stereocenters. The van der Waals surface area contributed by atoms with Gasteiger partial charge in [0.1, 0.15) is 17.2 Å². The maximum atomic E-state index is 14.2. The van der Waals surface area contributed by atoms with E-state index in [1.807, 2.05) is 0 Å². The van der Waals surface area contributed by atoms with Crippen LogP contribution >= 0.6 is 0 Å². The number of rotatable bonds is 3. The highest BCUT2D eigenvalue weighted by atomic mass is 19.1. The van der Waals surface area contributed by atoms with Gasteiger partial charge in [-0.05, 0) is 30.3 Å². The summed E-state index contributed by atoms with van der Waals surface area (Å²) in [7, 11) is 0. The number of carbonyl (C=O) groups excluding carboxylic acids is 1. The summed E-state index contributed by atoms with van der Waals surface area (Å²) in [4.78, 5) is 28.3. The summed E-state index contributed by atoms with van der Waals surface area (Å²) in [6.07, 6.45) is 1.35. The van der Waals surface area contributed by atoms with E-state index in [-0.39, 0.29) is 11.1 Å². The van der Waals surface area contributed by atoms with Crippen molar-refractivity contribution in [2.24, 2.45) is 0 Å². The number of carbonyl (C=O) groups is 1. The van der Waals surface area contributed by atoms with Gasteiger partial charge in [-0.3, -0.25) is 9.59 Å². The summed E-state index contributed by atoms with van der Waals surface area (Å²) in [5, 5.41) is 3.05. The largest absolute Gasteiger partial charge is 0.360 e. The monoisotopic (exact) mass is 376 g/mol. The third-order valence-electron chi connectivity index (χ3n) is 4.43. The van der Waals surface area contributed by atoms with Crippen LogP contribution in [-0.4, -0.2) is 10.9 Å². The van der Waals surface area contributed by atoms with E-state index in [1.165, 1.54) is 12.3 Å². The Labute approximate surface area is 158 Å². The Bertz CT molecular complexity index is 1260. The van der Waals surface area contributed by atoms with Gasteiger partial charge in [0.05, 0.1) is 0 Å². The lowest BCUT2D eigenvalue weighted by atomic mass is 10.0. The number of benzene rings is 3. The lowest BCUT2D eigenvalue weighted by Crippen LogP contribution is -2.22. The number of aromatic amines is 1. The van der Waals surface area contributed by atoms with E-state index in [4.69, 9.17) is 0 Å². The van der Waals surface area contributed by atoms with Gasteiger partial charge in [-0.1, -0.05) is 30.3 Å². The highest BCUT2D eigenvalue weighted by Crippen LogP contribution is 2.30. The van der Waals surface area contributed by atoms with Gasteiger partial charge in [0, 0.05) is 40.0 Å². The van der Waals surface area contributed by atoms with Crippen molar-refractivity contribution in [2.45, 2.75) is 0 Å². The fraction of sp³-hybridized carbons (Fsp3) is 0. The van der Waals surface area contributed by atoms with Crippen molar-refractivity contribution in [3.05, 3.63) is 100 Å². The molecule has 0 aliphatic rings. The Morgan fingerprint density at radius 2 is 1.64 bits per heavy atom. The second-order valence-electron chi connectivity index (χ2n) is 6.20. The van der Waals surface area contributed by atoms with Crippen molar-refractivity contribution in [1.29, 1.82) is 0 Å². The molecule has 0 aliphatic carbocycles. The minimum atomic E-state index is -0.745. The number of H-pyrrole nitrogens is 1. The third-order valence-corrected chi connectivity index (χ3v) is 4.43. The fourth-order valence-electron chi connectivity index (χ4n) is 3.06. The number of hydrogen-bond donors (Lipinski definition) is 2. The number of para-hydroxylation sites is 2. The summed E-state index contributed by atoms with van der Waals surface area (Å²) in [6, 6.07) is 16.6. The Balaban J connectivity index is 1.74. The molecule has 1 heterocycles. The van der Waals surface area contributed by atoms with Crippen LogP contribution in [0.25, 0.3) is 22.0 Å². The quantitative estimate of drug-likeness (QED) is 0.543. The van der Waals surface area contributed by atoms with Crippen molar-refractivity contribution in [2.75, 3.05) is 5.32 Å². The average Bonchev–Trinajstić information content (AvgIpc) is 2.69. The van der Waals surface area contributed by atoms with Crippen LogP contribution in [0.1, 0.15) is 10.4 Å². The molecule has 28 heavy (non-hydrogen) atoms. The Morgan fingerprint density at radius 1 is 0.893 bits per heavy atom. The number of anilines is 1. The highest BCUT2D eigenvalue weighted by molar-refractivity contribution is 6.07. The summed E-state index contributed by atoms with van der Waals surface area (Å²) in [5.74, 6) is -2.06. The van der Waals surface area contributed by atoms with E-state index in [9.17, 15) is 18.4 Å². The summed E-state index contributed by atoms with van der Waals surface area (Å²) >= 11 is 0. The van der Waals surface area contributed by atoms with E-state index >= 15 is 0 Å². The van der Waals surface area contributed by atoms with Gasteiger partial charge in [-0.15, -0.1) is 0 Å². The lowest BCUT2D eigenvalue weighted by molar-refractivity contribution is 0.102. The number of aromatic nitrogens is 1. The number of fused-ring (bicyclic) bond motifs is 1. The molecule has 4 rings (SSSR count). The van der Waals surface area contributed by atoms with Gasteiger partial charge in [0.2, 0.25) is 5.43 Å². The smallest absolute Gasteiger partial charge is 0.261 e. The van der Waals surface area contributed by atoms with Crippen LogP contribution in [0.2, 0.25) is 0 Å². The molecule has 3 aromatic carbocycles. The normalized spacial score (nSPS) is 10.8.